The lowest BCUT2D eigenvalue weighted by Gasteiger charge is -2.21. The third kappa shape index (κ3) is 1.41. The highest BCUT2D eigenvalue weighted by Gasteiger charge is 2.36. The maximum Gasteiger partial charge on any atom is 0.508 e. The second kappa shape index (κ2) is 3.64. The average molecular weight is 240 g/mol. The second-order valence-electron chi connectivity index (χ2n) is 5.07. The molecule has 0 radical (unpaired) electrons. The van der Waals surface area contributed by atoms with Gasteiger partial charge in [0.15, 0.2) is 0 Å². The smallest absolute Gasteiger partial charge is 0.422 e. The summed E-state index contributed by atoms with van der Waals surface area (Å²) < 4.78 is 0. The van der Waals surface area contributed by atoms with Crippen molar-refractivity contribution in [1.82, 2.24) is 9.97 Å². The summed E-state index contributed by atoms with van der Waals surface area (Å²) in [5.74, 6) is 0. The van der Waals surface area contributed by atoms with E-state index in [0.717, 1.165) is 16.7 Å². The maximum atomic E-state index is 9.22. The molecule has 18 heavy (non-hydrogen) atoms. The molecule has 2 N–H and O–H groups in total. The van der Waals surface area contributed by atoms with E-state index >= 15 is 0 Å². The van der Waals surface area contributed by atoms with Crippen molar-refractivity contribution in [3.8, 4) is 11.1 Å². The molecule has 0 aliphatic heterocycles. The zero-order chi connectivity index (χ0) is 12.9. The minimum atomic E-state index is -1.53. The van der Waals surface area contributed by atoms with Gasteiger partial charge in [0.05, 0.1) is 5.59 Å². The van der Waals surface area contributed by atoms with Gasteiger partial charge in [0.2, 0.25) is 0 Å². The van der Waals surface area contributed by atoms with Gasteiger partial charge in [-0.15, -0.1) is 0 Å². The molecule has 1 aliphatic rings. The van der Waals surface area contributed by atoms with E-state index in [2.05, 4.69) is 23.8 Å². The summed E-state index contributed by atoms with van der Waals surface area (Å²) in [5, 5.41) is 18.4. The Balaban J connectivity index is 2.28. The Morgan fingerprint density at radius 2 is 1.83 bits per heavy atom. The fourth-order valence-corrected chi connectivity index (χ4v) is 2.64. The third-order valence-electron chi connectivity index (χ3n) is 3.65. The van der Waals surface area contributed by atoms with Gasteiger partial charge in [-0.25, -0.2) is 0 Å². The second-order valence-corrected chi connectivity index (χ2v) is 5.07. The molecule has 90 valence electrons. The van der Waals surface area contributed by atoms with E-state index in [1.807, 2.05) is 12.3 Å². The SMILES string of the molecule is CC1(C)c2ccncc2-c2cnc(B(O)O)cc21. The van der Waals surface area contributed by atoms with Gasteiger partial charge in [-0.1, -0.05) is 13.8 Å². The summed E-state index contributed by atoms with van der Waals surface area (Å²) in [6.45, 7) is 4.23. The van der Waals surface area contributed by atoms with E-state index in [-0.39, 0.29) is 11.0 Å². The van der Waals surface area contributed by atoms with Crippen molar-refractivity contribution >= 4 is 12.7 Å². The maximum absolute atomic E-state index is 9.22. The zero-order valence-electron chi connectivity index (χ0n) is 10.3. The molecular weight excluding hydrogens is 227 g/mol. The molecule has 0 bridgehead atoms. The minimum Gasteiger partial charge on any atom is -0.422 e. The third-order valence-corrected chi connectivity index (χ3v) is 3.65. The largest absolute Gasteiger partial charge is 0.508 e. The monoisotopic (exact) mass is 240 g/mol. The van der Waals surface area contributed by atoms with Crippen LogP contribution in [0.4, 0.5) is 0 Å². The predicted molar refractivity (Wildman–Crippen MR) is 69.4 cm³/mol. The molecule has 0 saturated carbocycles. The van der Waals surface area contributed by atoms with Crippen molar-refractivity contribution in [3.05, 3.63) is 41.9 Å². The van der Waals surface area contributed by atoms with Crippen LogP contribution in [0.5, 0.6) is 0 Å². The lowest BCUT2D eigenvalue weighted by atomic mass is 9.78. The normalized spacial score (nSPS) is 15.1. The Kier molecular flexibility index (Phi) is 2.30. The van der Waals surface area contributed by atoms with Crippen molar-refractivity contribution in [2.24, 2.45) is 0 Å². The number of hydrogen-bond donors (Lipinski definition) is 2. The molecule has 1 aliphatic carbocycles. The molecule has 2 aromatic rings. The van der Waals surface area contributed by atoms with Crippen molar-refractivity contribution < 1.29 is 10.0 Å². The highest BCUT2D eigenvalue weighted by Crippen LogP contribution is 2.47. The van der Waals surface area contributed by atoms with Crippen LogP contribution in [0.3, 0.4) is 0 Å². The molecule has 5 heteroatoms. The molecule has 0 atom stereocenters. The first-order valence-electron chi connectivity index (χ1n) is 5.83. The Morgan fingerprint density at radius 3 is 2.56 bits per heavy atom. The number of nitrogens with zero attached hydrogens (tertiary/aromatic N) is 2. The van der Waals surface area contributed by atoms with Crippen molar-refractivity contribution in [2.75, 3.05) is 0 Å². The van der Waals surface area contributed by atoms with Gasteiger partial charge in [-0.2, -0.15) is 0 Å². The molecule has 2 aromatic heterocycles. The van der Waals surface area contributed by atoms with Gasteiger partial charge in [-0.05, 0) is 23.3 Å². The summed E-state index contributed by atoms with van der Waals surface area (Å²) in [4.78, 5) is 8.24. The number of pyridine rings is 2. The molecule has 0 unspecified atom stereocenters. The van der Waals surface area contributed by atoms with E-state index in [1.165, 1.54) is 5.56 Å². The fourth-order valence-electron chi connectivity index (χ4n) is 2.64. The van der Waals surface area contributed by atoms with Gasteiger partial charge < -0.3 is 10.0 Å². The lowest BCUT2D eigenvalue weighted by molar-refractivity contribution is 0.424. The first kappa shape index (κ1) is 11.4. The highest BCUT2D eigenvalue weighted by molar-refractivity contribution is 6.57. The summed E-state index contributed by atoms with van der Waals surface area (Å²) in [5.41, 5.74) is 4.46. The van der Waals surface area contributed by atoms with Gasteiger partial charge in [0, 0.05) is 35.1 Å². The van der Waals surface area contributed by atoms with Gasteiger partial charge >= 0.3 is 7.12 Å². The Bertz CT molecular complexity index is 626. The van der Waals surface area contributed by atoms with Crippen molar-refractivity contribution in [3.63, 3.8) is 0 Å². The molecule has 2 heterocycles. The summed E-state index contributed by atoms with van der Waals surface area (Å²) in [6.07, 6.45) is 5.31. The Labute approximate surface area is 105 Å². The minimum absolute atomic E-state index is 0.166. The van der Waals surface area contributed by atoms with Crippen molar-refractivity contribution in [1.29, 1.82) is 0 Å². The van der Waals surface area contributed by atoms with Crippen LogP contribution in [0.1, 0.15) is 25.0 Å². The topological polar surface area (TPSA) is 66.2 Å². The van der Waals surface area contributed by atoms with Gasteiger partial charge in [0.25, 0.3) is 0 Å². The Morgan fingerprint density at radius 1 is 1.11 bits per heavy atom. The number of rotatable bonds is 1. The van der Waals surface area contributed by atoms with Crippen LogP contribution in [0.2, 0.25) is 0 Å². The summed E-state index contributed by atoms with van der Waals surface area (Å²) >= 11 is 0. The first-order valence-corrected chi connectivity index (χ1v) is 5.83. The molecule has 0 fully saturated rings. The molecule has 0 amide bonds. The summed E-state index contributed by atoms with van der Waals surface area (Å²) in [6, 6.07) is 3.77. The van der Waals surface area contributed by atoms with Crippen LogP contribution in [-0.2, 0) is 5.41 Å². The zero-order valence-corrected chi connectivity index (χ0v) is 10.3. The fraction of sp³-hybridized carbons (Fsp3) is 0.231. The van der Waals surface area contributed by atoms with Crippen LogP contribution in [0.15, 0.2) is 30.7 Å². The van der Waals surface area contributed by atoms with E-state index in [9.17, 15) is 10.0 Å². The van der Waals surface area contributed by atoms with Crippen LogP contribution in [0.25, 0.3) is 11.1 Å². The van der Waals surface area contributed by atoms with E-state index in [4.69, 9.17) is 0 Å². The van der Waals surface area contributed by atoms with Crippen molar-refractivity contribution in [2.45, 2.75) is 19.3 Å². The quantitative estimate of drug-likeness (QED) is 0.711. The first-order chi connectivity index (χ1) is 8.51. The summed E-state index contributed by atoms with van der Waals surface area (Å²) in [7, 11) is -1.53. The van der Waals surface area contributed by atoms with E-state index in [0.29, 0.717) is 0 Å². The van der Waals surface area contributed by atoms with Crippen LogP contribution in [0, 0.1) is 0 Å². The standard InChI is InChI=1S/C13H13BN2O2/c1-13(2)10-3-4-15-6-8(10)9-7-16-12(14(17)18)5-11(9)13/h3-7,17-18H,1-2H3. The Hall–Kier alpha value is -1.72. The predicted octanol–water partition coefficient (Wildman–Crippen LogP) is 0.463. The molecule has 0 spiro atoms. The van der Waals surface area contributed by atoms with Gasteiger partial charge in [0.1, 0.15) is 0 Å². The van der Waals surface area contributed by atoms with Crippen LogP contribution in [-0.4, -0.2) is 27.1 Å². The number of hydrogen-bond acceptors (Lipinski definition) is 4. The lowest BCUT2D eigenvalue weighted by Crippen LogP contribution is -2.33. The van der Waals surface area contributed by atoms with Gasteiger partial charge in [-0.3, -0.25) is 9.97 Å². The molecule has 3 rings (SSSR count). The van der Waals surface area contributed by atoms with E-state index in [1.54, 1.807) is 18.5 Å². The average Bonchev–Trinajstić information content (AvgIpc) is 2.59. The molecule has 0 aromatic carbocycles. The molecule has 0 saturated heterocycles. The van der Waals surface area contributed by atoms with Crippen LogP contribution < -0.4 is 5.59 Å². The number of fused-ring (bicyclic) bond motifs is 3. The van der Waals surface area contributed by atoms with Crippen LogP contribution >= 0.6 is 0 Å². The number of aromatic nitrogens is 2. The molecule has 4 nitrogen and oxygen atoms in total. The molecular formula is C13H13BN2O2. The van der Waals surface area contributed by atoms with E-state index < -0.39 is 7.12 Å². The highest BCUT2D eigenvalue weighted by atomic mass is 16.4.